The van der Waals surface area contributed by atoms with Gasteiger partial charge in [-0.25, -0.2) is 0 Å². The number of benzene rings is 1. The van der Waals surface area contributed by atoms with Gasteiger partial charge in [-0.2, -0.15) is 11.8 Å². The SMILES string of the molecule is c1ccc(CSCC2CCCCC2)cc1. The van der Waals surface area contributed by atoms with Crippen molar-refractivity contribution in [1.82, 2.24) is 0 Å². The van der Waals surface area contributed by atoms with E-state index in [1.807, 2.05) is 0 Å². The first-order valence-corrected chi connectivity index (χ1v) is 7.22. The highest BCUT2D eigenvalue weighted by atomic mass is 32.2. The molecular formula is C14H20S. The fourth-order valence-corrected chi connectivity index (χ4v) is 3.48. The minimum absolute atomic E-state index is 1.01. The van der Waals surface area contributed by atoms with Crippen LogP contribution >= 0.6 is 11.8 Å². The molecule has 0 unspecified atom stereocenters. The summed E-state index contributed by atoms with van der Waals surface area (Å²) in [7, 11) is 0. The van der Waals surface area contributed by atoms with Crippen molar-refractivity contribution in [1.29, 1.82) is 0 Å². The molecule has 15 heavy (non-hydrogen) atoms. The molecule has 0 N–H and O–H groups in total. The zero-order chi connectivity index (χ0) is 10.3. The maximum Gasteiger partial charge on any atom is 0.0184 e. The lowest BCUT2D eigenvalue weighted by molar-refractivity contribution is 0.391. The summed E-state index contributed by atoms with van der Waals surface area (Å²) in [4.78, 5) is 0. The van der Waals surface area contributed by atoms with Gasteiger partial charge >= 0.3 is 0 Å². The second kappa shape index (κ2) is 6.22. The summed E-state index contributed by atoms with van der Waals surface area (Å²) in [5.41, 5.74) is 1.47. The summed E-state index contributed by atoms with van der Waals surface area (Å²) in [6, 6.07) is 10.8. The van der Waals surface area contributed by atoms with Crippen LogP contribution in [0.2, 0.25) is 0 Å². The van der Waals surface area contributed by atoms with Gasteiger partial charge in [0.2, 0.25) is 0 Å². The Morgan fingerprint density at radius 2 is 1.73 bits per heavy atom. The van der Waals surface area contributed by atoms with E-state index in [1.54, 1.807) is 0 Å². The lowest BCUT2D eigenvalue weighted by Gasteiger charge is -2.20. The Morgan fingerprint density at radius 1 is 1.00 bits per heavy atom. The van der Waals surface area contributed by atoms with Gasteiger partial charge in [0.1, 0.15) is 0 Å². The predicted molar refractivity (Wildman–Crippen MR) is 69.2 cm³/mol. The first-order chi connectivity index (χ1) is 7.45. The molecule has 1 aliphatic carbocycles. The van der Waals surface area contributed by atoms with Gasteiger partial charge in [0.15, 0.2) is 0 Å². The molecule has 0 bridgehead atoms. The van der Waals surface area contributed by atoms with Crippen LogP contribution in [0, 0.1) is 5.92 Å². The van der Waals surface area contributed by atoms with Crippen LogP contribution in [0.5, 0.6) is 0 Å². The van der Waals surface area contributed by atoms with E-state index in [1.165, 1.54) is 49.2 Å². The predicted octanol–water partition coefficient (Wildman–Crippen LogP) is 4.50. The lowest BCUT2D eigenvalue weighted by atomic mass is 9.91. The van der Waals surface area contributed by atoms with Crippen LogP contribution in [-0.2, 0) is 5.75 Å². The molecule has 1 saturated carbocycles. The number of rotatable bonds is 4. The van der Waals surface area contributed by atoms with Crippen molar-refractivity contribution in [2.75, 3.05) is 5.75 Å². The summed E-state index contributed by atoms with van der Waals surface area (Å²) in [6.45, 7) is 0. The maximum atomic E-state index is 2.23. The van der Waals surface area contributed by atoms with Crippen LogP contribution < -0.4 is 0 Å². The standard InChI is InChI=1S/C14H20S/c1-3-7-13(8-4-1)11-15-12-14-9-5-2-6-10-14/h1,3-4,7-8,14H,2,5-6,9-12H2. The van der Waals surface area contributed by atoms with Crippen LogP contribution in [0.15, 0.2) is 30.3 Å². The molecule has 1 fully saturated rings. The Kier molecular flexibility index (Phi) is 4.59. The minimum Gasteiger partial charge on any atom is -0.157 e. The minimum atomic E-state index is 1.01. The Hall–Kier alpha value is -0.430. The van der Waals surface area contributed by atoms with Gasteiger partial charge in [0, 0.05) is 5.75 Å². The van der Waals surface area contributed by atoms with Crippen LogP contribution in [-0.4, -0.2) is 5.75 Å². The molecule has 1 aromatic rings. The van der Waals surface area contributed by atoms with E-state index < -0.39 is 0 Å². The molecule has 0 aliphatic heterocycles. The zero-order valence-electron chi connectivity index (χ0n) is 9.32. The molecule has 0 radical (unpaired) electrons. The summed E-state index contributed by atoms with van der Waals surface area (Å²) in [5, 5.41) is 0. The van der Waals surface area contributed by atoms with Crippen LogP contribution in [0.25, 0.3) is 0 Å². The number of hydrogen-bond donors (Lipinski definition) is 0. The highest BCUT2D eigenvalue weighted by molar-refractivity contribution is 7.98. The van der Waals surface area contributed by atoms with E-state index in [4.69, 9.17) is 0 Å². The average molecular weight is 220 g/mol. The largest absolute Gasteiger partial charge is 0.157 e. The van der Waals surface area contributed by atoms with Crippen LogP contribution in [0.1, 0.15) is 37.7 Å². The normalized spacial score (nSPS) is 17.9. The summed E-state index contributed by atoms with van der Waals surface area (Å²) in [6.07, 6.45) is 7.36. The highest BCUT2D eigenvalue weighted by Gasteiger charge is 2.12. The van der Waals surface area contributed by atoms with Crippen molar-refractivity contribution in [2.45, 2.75) is 37.9 Å². The van der Waals surface area contributed by atoms with E-state index >= 15 is 0 Å². The topological polar surface area (TPSA) is 0 Å². The molecule has 0 nitrogen and oxygen atoms in total. The molecule has 0 atom stereocenters. The summed E-state index contributed by atoms with van der Waals surface area (Å²) >= 11 is 2.11. The van der Waals surface area contributed by atoms with Gasteiger partial charge in [-0.05, 0) is 30.1 Å². The first-order valence-electron chi connectivity index (χ1n) is 6.07. The van der Waals surface area contributed by atoms with Gasteiger partial charge in [0.25, 0.3) is 0 Å². The quantitative estimate of drug-likeness (QED) is 0.720. The first kappa shape index (κ1) is 11.1. The third-order valence-corrected chi connectivity index (χ3v) is 4.43. The van der Waals surface area contributed by atoms with Crippen molar-refractivity contribution in [3.63, 3.8) is 0 Å². The number of hydrogen-bond acceptors (Lipinski definition) is 1. The summed E-state index contributed by atoms with van der Waals surface area (Å²) in [5.74, 6) is 3.57. The van der Waals surface area contributed by atoms with E-state index in [0.717, 1.165) is 5.92 Å². The van der Waals surface area contributed by atoms with Gasteiger partial charge in [-0.15, -0.1) is 0 Å². The lowest BCUT2D eigenvalue weighted by Crippen LogP contribution is -2.08. The van der Waals surface area contributed by atoms with Gasteiger partial charge in [-0.1, -0.05) is 49.6 Å². The molecule has 1 aromatic carbocycles. The zero-order valence-corrected chi connectivity index (χ0v) is 10.1. The third kappa shape index (κ3) is 3.90. The van der Waals surface area contributed by atoms with Crippen molar-refractivity contribution in [3.8, 4) is 0 Å². The highest BCUT2D eigenvalue weighted by Crippen LogP contribution is 2.27. The Morgan fingerprint density at radius 3 is 2.47 bits per heavy atom. The molecule has 0 spiro atoms. The Labute approximate surface area is 97.5 Å². The van der Waals surface area contributed by atoms with Crippen molar-refractivity contribution < 1.29 is 0 Å². The average Bonchev–Trinajstić information content (AvgIpc) is 2.32. The monoisotopic (exact) mass is 220 g/mol. The molecule has 0 amide bonds. The Bertz CT molecular complexity index is 262. The van der Waals surface area contributed by atoms with Crippen molar-refractivity contribution in [3.05, 3.63) is 35.9 Å². The van der Waals surface area contributed by atoms with E-state index in [-0.39, 0.29) is 0 Å². The van der Waals surface area contributed by atoms with Crippen molar-refractivity contribution in [2.24, 2.45) is 5.92 Å². The van der Waals surface area contributed by atoms with E-state index in [9.17, 15) is 0 Å². The molecule has 0 saturated heterocycles. The van der Waals surface area contributed by atoms with E-state index in [2.05, 4.69) is 42.1 Å². The van der Waals surface area contributed by atoms with Crippen LogP contribution in [0.4, 0.5) is 0 Å². The van der Waals surface area contributed by atoms with Gasteiger partial charge in [0.05, 0.1) is 0 Å². The molecule has 0 heterocycles. The van der Waals surface area contributed by atoms with Gasteiger partial charge in [-0.3, -0.25) is 0 Å². The molecule has 2 rings (SSSR count). The van der Waals surface area contributed by atoms with Crippen LogP contribution in [0.3, 0.4) is 0 Å². The van der Waals surface area contributed by atoms with Gasteiger partial charge < -0.3 is 0 Å². The molecule has 82 valence electrons. The molecule has 1 heteroatoms. The smallest absolute Gasteiger partial charge is 0.0184 e. The maximum absolute atomic E-state index is 2.23. The van der Waals surface area contributed by atoms with E-state index in [0.29, 0.717) is 0 Å². The molecule has 0 aromatic heterocycles. The summed E-state index contributed by atoms with van der Waals surface area (Å²) < 4.78 is 0. The third-order valence-electron chi connectivity index (χ3n) is 3.19. The van der Waals surface area contributed by atoms with Crippen molar-refractivity contribution >= 4 is 11.8 Å². The fourth-order valence-electron chi connectivity index (χ4n) is 2.27. The Balaban J connectivity index is 1.66. The number of thioether (sulfide) groups is 1. The fraction of sp³-hybridized carbons (Fsp3) is 0.571. The molecule has 1 aliphatic rings. The second-order valence-corrected chi connectivity index (χ2v) is 5.54. The molecular weight excluding hydrogens is 200 g/mol. The second-order valence-electron chi connectivity index (χ2n) is 4.50.